The zero-order chi connectivity index (χ0) is 39.8. The number of hydrogen-bond acceptors (Lipinski definition) is 9. The normalized spacial score (nSPS) is 18.6. The standard InChI is InChI=1S/C40H57N5O7S.C2H6.2H2/c1-41-39(50)31-21-17-29(18-22-31)27-42-35(46)14-10-5-11-25-45-38(49)26-34(40(45)51)53-33-23-19-30(20-24-33)28-52-44-37(48)16-9-3-2-8-15-36(47)43-32-12-6-4-7-13-32;1-2;;/h4,6-7,12-13,19-20,23-24,29,31,34,39,41,50H,2-3,5,8-11,14-18,21-22,25-28H2,1H3,(H,42,46)(H,43,47)(H,44,48);1-2H3;2*1H. The topological polar surface area (TPSA) is 166 Å². The van der Waals surface area contributed by atoms with Gasteiger partial charge in [-0.05, 0) is 100 Å². The number of benzene rings is 2. The van der Waals surface area contributed by atoms with Gasteiger partial charge in [-0.1, -0.05) is 63.4 Å². The van der Waals surface area contributed by atoms with Crippen molar-refractivity contribution in [3.8, 4) is 0 Å². The number of hydrogen-bond donors (Lipinski definition) is 5. The van der Waals surface area contributed by atoms with Crippen LogP contribution in [-0.2, 0) is 35.4 Å². The summed E-state index contributed by atoms with van der Waals surface area (Å²) >= 11 is 1.37. The zero-order valence-corrected chi connectivity index (χ0v) is 33.8. The number of para-hydroxylation sites is 1. The maximum atomic E-state index is 13.0. The number of rotatable bonds is 23. The average Bonchev–Trinajstić information content (AvgIpc) is 3.47. The van der Waals surface area contributed by atoms with Crippen molar-refractivity contribution in [2.45, 2.75) is 133 Å². The first-order chi connectivity index (χ1) is 26.7. The van der Waals surface area contributed by atoms with Crippen LogP contribution in [0, 0.1) is 11.8 Å². The molecule has 2 aromatic carbocycles. The lowest BCUT2D eigenvalue weighted by Gasteiger charge is -2.31. The van der Waals surface area contributed by atoms with Gasteiger partial charge in [-0.25, -0.2) is 5.48 Å². The van der Waals surface area contributed by atoms with E-state index in [4.69, 9.17) is 4.84 Å². The number of nitrogens with zero attached hydrogens (tertiary/aromatic N) is 1. The van der Waals surface area contributed by atoms with Crippen molar-refractivity contribution in [3.63, 3.8) is 0 Å². The lowest BCUT2D eigenvalue weighted by atomic mass is 9.81. The van der Waals surface area contributed by atoms with Crippen molar-refractivity contribution in [1.29, 1.82) is 0 Å². The minimum atomic E-state index is -0.460. The van der Waals surface area contributed by atoms with Crippen LogP contribution in [0.5, 0.6) is 0 Å². The van der Waals surface area contributed by atoms with Gasteiger partial charge in [0, 0.05) is 52.2 Å². The zero-order valence-electron chi connectivity index (χ0n) is 33.0. The van der Waals surface area contributed by atoms with E-state index in [0.29, 0.717) is 57.5 Å². The van der Waals surface area contributed by atoms with Gasteiger partial charge in [0.2, 0.25) is 29.5 Å². The Morgan fingerprint density at radius 1 is 0.836 bits per heavy atom. The fraction of sp³-hybridized carbons (Fsp3) is 0.595. The Morgan fingerprint density at radius 3 is 2.11 bits per heavy atom. The number of anilines is 1. The molecule has 2 fully saturated rings. The number of likely N-dealkylation sites (tertiary alicyclic amines) is 1. The van der Waals surface area contributed by atoms with Crippen LogP contribution in [0.25, 0.3) is 0 Å². The number of thioether (sulfide) groups is 1. The predicted octanol–water partition coefficient (Wildman–Crippen LogP) is 6.97. The molecular formula is C42H67N5O7S. The quantitative estimate of drug-likeness (QED) is 0.0346. The van der Waals surface area contributed by atoms with E-state index in [1.807, 2.05) is 68.4 Å². The summed E-state index contributed by atoms with van der Waals surface area (Å²) in [5, 5.41) is 18.3. The van der Waals surface area contributed by atoms with Crippen molar-refractivity contribution in [1.82, 2.24) is 21.0 Å². The highest BCUT2D eigenvalue weighted by Crippen LogP contribution is 2.32. The molecule has 4 rings (SSSR count). The number of carbonyl (C=O) groups is 5. The summed E-state index contributed by atoms with van der Waals surface area (Å²) < 4.78 is 0. The predicted molar refractivity (Wildman–Crippen MR) is 221 cm³/mol. The van der Waals surface area contributed by atoms with Crippen LogP contribution >= 0.6 is 11.8 Å². The summed E-state index contributed by atoms with van der Waals surface area (Å²) in [7, 11) is 1.77. The van der Waals surface area contributed by atoms with Crippen LogP contribution < -0.4 is 21.4 Å². The number of imide groups is 1. The number of unbranched alkanes of at least 4 members (excludes halogenated alkanes) is 5. The third-order valence-electron chi connectivity index (χ3n) is 9.95. The first-order valence-electron chi connectivity index (χ1n) is 20.2. The van der Waals surface area contributed by atoms with Crippen LogP contribution in [0.3, 0.4) is 0 Å². The number of amides is 5. The number of hydroxylamine groups is 1. The maximum absolute atomic E-state index is 13.0. The molecule has 2 aromatic rings. The number of aliphatic hydroxyl groups is 1. The third-order valence-corrected chi connectivity index (χ3v) is 11.1. The van der Waals surface area contributed by atoms with E-state index in [-0.39, 0.29) is 51.3 Å². The molecule has 308 valence electrons. The fourth-order valence-electron chi connectivity index (χ4n) is 6.75. The molecular weight excluding hydrogens is 719 g/mol. The second-order valence-electron chi connectivity index (χ2n) is 14.1. The molecule has 5 N–H and O–H groups in total. The summed E-state index contributed by atoms with van der Waals surface area (Å²) in [5.74, 6) is 0.252. The van der Waals surface area contributed by atoms with Crippen molar-refractivity contribution < 1.29 is 36.8 Å². The first-order valence-corrected chi connectivity index (χ1v) is 21.1. The van der Waals surface area contributed by atoms with Crippen LogP contribution in [0.4, 0.5) is 5.69 Å². The van der Waals surface area contributed by atoms with Crippen molar-refractivity contribution in [2.24, 2.45) is 11.8 Å². The molecule has 0 aromatic heterocycles. The summed E-state index contributed by atoms with van der Waals surface area (Å²) in [6.07, 6.45) is 10.2. The second-order valence-corrected chi connectivity index (χ2v) is 15.4. The highest BCUT2D eigenvalue weighted by molar-refractivity contribution is 8.00. The summed E-state index contributed by atoms with van der Waals surface area (Å²) in [5.41, 5.74) is 4.14. The van der Waals surface area contributed by atoms with Gasteiger partial charge in [-0.15, -0.1) is 11.8 Å². The van der Waals surface area contributed by atoms with E-state index >= 15 is 0 Å². The Bertz CT molecular complexity index is 1470. The van der Waals surface area contributed by atoms with Crippen LogP contribution in [0.1, 0.15) is 119 Å². The second kappa shape index (κ2) is 26.1. The molecule has 1 aliphatic heterocycles. The van der Waals surface area contributed by atoms with Crippen LogP contribution in [0.2, 0.25) is 0 Å². The van der Waals surface area contributed by atoms with E-state index in [0.717, 1.165) is 67.5 Å². The van der Waals surface area contributed by atoms with Gasteiger partial charge in [0.05, 0.1) is 11.9 Å². The number of nitrogens with one attached hydrogen (secondary N) is 4. The number of aliphatic hydroxyl groups excluding tert-OH is 1. The van der Waals surface area contributed by atoms with Gasteiger partial charge in [0.25, 0.3) is 0 Å². The van der Waals surface area contributed by atoms with Gasteiger partial charge >= 0.3 is 0 Å². The van der Waals surface area contributed by atoms with E-state index in [2.05, 4.69) is 21.4 Å². The van der Waals surface area contributed by atoms with Gasteiger partial charge in [0.1, 0.15) is 6.23 Å². The van der Waals surface area contributed by atoms with E-state index in [9.17, 15) is 29.1 Å². The average molecular weight is 786 g/mol. The SMILES string of the molecule is CC.CNC(O)C1CCC(CNC(=O)CCCCCN2C(=O)CC(Sc3ccc(CONC(=O)CCCCCCC(=O)Nc4ccccc4)cc3)C2=O)CC1.[HH].[HH]. The van der Waals surface area contributed by atoms with Gasteiger partial charge in [0.15, 0.2) is 0 Å². The van der Waals surface area contributed by atoms with Gasteiger partial charge < -0.3 is 15.7 Å². The third kappa shape index (κ3) is 17.3. The smallest absolute Gasteiger partial charge is 0.243 e. The summed E-state index contributed by atoms with van der Waals surface area (Å²) in [4.78, 5) is 69.8. The van der Waals surface area contributed by atoms with Crippen molar-refractivity contribution in [3.05, 3.63) is 60.2 Å². The Hall–Kier alpha value is -3.78. The Morgan fingerprint density at radius 2 is 1.45 bits per heavy atom. The Kier molecular flexibility index (Phi) is 21.7. The maximum Gasteiger partial charge on any atom is 0.243 e. The molecule has 55 heavy (non-hydrogen) atoms. The van der Waals surface area contributed by atoms with E-state index in [1.165, 1.54) is 16.7 Å². The highest BCUT2D eigenvalue weighted by atomic mass is 32.2. The molecule has 0 radical (unpaired) electrons. The van der Waals surface area contributed by atoms with Crippen LogP contribution in [-0.4, -0.2) is 71.2 Å². The molecule has 2 unspecified atom stereocenters. The minimum absolute atomic E-state index is 0. The summed E-state index contributed by atoms with van der Waals surface area (Å²) in [6, 6.07) is 16.9. The molecule has 5 amide bonds. The Labute approximate surface area is 334 Å². The fourth-order valence-corrected chi connectivity index (χ4v) is 7.83. The molecule has 12 nitrogen and oxygen atoms in total. The lowest BCUT2D eigenvalue weighted by molar-refractivity contribution is -0.138. The molecule has 1 aliphatic carbocycles. The molecule has 2 atom stereocenters. The summed E-state index contributed by atoms with van der Waals surface area (Å²) in [6.45, 7) is 5.25. The van der Waals surface area contributed by atoms with E-state index < -0.39 is 11.5 Å². The molecule has 2 aliphatic rings. The lowest BCUT2D eigenvalue weighted by Crippen LogP contribution is -2.37. The van der Waals surface area contributed by atoms with Crippen molar-refractivity contribution >= 4 is 47.0 Å². The molecule has 1 saturated carbocycles. The van der Waals surface area contributed by atoms with Crippen molar-refractivity contribution in [2.75, 3.05) is 25.5 Å². The molecule has 1 heterocycles. The van der Waals surface area contributed by atoms with Crippen LogP contribution in [0.15, 0.2) is 59.5 Å². The highest BCUT2D eigenvalue weighted by Gasteiger charge is 2.38. The largest absolute Gasteiger partial charge is 0.378 e. The molecule has 1 saturated heterocycles. The van der Waals surface area contributed by atoms with Gasteiger partial charge in [-0.3, -0.25) is 39.0 Å². The Balaban J connectivity index is 0.00000400. The van der Waals surface area contributed by atoms with E-state index in [1.54, 1.807) is 7.05 Å². The first kappa shape index (κ1) is 45.6. The molecule has 0 spiro atoms. The molecule has 13 heteroatoms. The monoisotopic (exact) mass is 785 g/mol. The number of carbonyl (C=O) groups excluding carboxylic acids is 5. The van der Waals surface area contributed by atoms with Gasteiger partial charge in [-0.2, -0.15) is 0 Å². The minimum Gasteiger partial charge on any atom is -0.378 e. The molecule has 0 bridgehead atoms.